The predicted molar refractivity (Wildman–Crippen MR) is 256 cm³/mol. The molecule has 0 aromatic carbocycles. The van der Waals surface area contributed by atoms with Crippen LogP contribution in [-0.2, 0) is 28.5 Å². The zero-order valence-electron chi connectivity index (χ0n) is 40.6. The fourth-order valence-electron chi connectivity index (χ4n) is 8.12. The number of aliphatic hydroxyl groups excluding tert-OH is 4. The van der Waals surface area contributed by atoms with Crippen molar-refractivity contribution >= 4 is 11.9 Å². The smallest absolute Gasteiger partial charge is 0.306 e. The standard InChI is InChI=1S/C53H98O10/c1-3-5-7-9-11-13-15-17-19-20-21-22-23-24-25-26-28-29-31-33-35-37-39-41-48(55)60-44-46(45-61-53-52(59)51(58)50(57)47(43-54)63-53)62-49(56)42-40-38-36-34-32-30-27-18-16-14-12-10-8-6-4-2/h10,12,33,35,46-47,50-54,57-59H,3-9,11,13-32,34,36-45H2,1-2H3/b12-10+,35-33+/t46-,47-,50+,51?,52?,53-/m0/s1. The van der Waals surface area contributed by atoms with Gasteiger partial charge in [0.25, 0.3) is 0 Å². The van der Waals surface area contributed by atoms with Crippen molar-refractivity contribution in [3.63, 3.8) is 0 Å². The van der Waals surface area contributed by atoms with E-state index in [0.717, 1.165) is 32.1 Å². The second-order valence-corrected chi connectivity index (χ2v) is 18.3. The number of carbonyl (C=O) groups is 2. The van der Waals surface area contributed by atoms with Crippen molar-refractivity contribution in [2.24, 2.45) is 0 Å². The van der Waals surface area contributed by atoms with Crippen LogP contribution >= 0.6 is 0 Å². The van der Waals surface area contributed by atoms with Gasteiger partial charge < -0.3 is 39.4 Å². The van der Waals surface area contributed by atoms with E-state index in [2.05, 4.69) is 38.2 Å². The highest BCUT2D eigenvalue weighted by Gasteiger charge is 2.44. The third-order valence-corrected chi connectivity index (χ3v) is 12.3. The Morgan fingerprint density at radius 1 is 0.476 bits per heavy atom. The summed E-state index contributed by atoms with van der Waals surface area (Å²) < 4.78 is 22.2. The van der Waals surface area contributed by atoms with Crippen LogP contribution in [0, 0.1) is 0 Å². The van der Waals surface area contributed by atoms with E-state index in [0.29, 0.717) is 12.8 Å². The Bertz CT molecular complexity index is 1080. The van der Waals surface area contributed by atoms with Crippen molar-refractivity contribution in [1.29, 1.82) is 0 Å². The first-order valence-corrected chi connectivity index (χ1v) is 26.4. The highest BCUT2D eigenvalue weighted by Crippen LogP contribution is 2.23. The zero-order chi connectivity index (χ0) is 45.9. The van der Waals surface area contributed by atoms with E-state index in [9.17, 15) is 30.0 Å². The van der Waals surface area contributed by atoms with Crippen LogP contribution < -0.4 is 0 Å². The fraction of sp³-hybridized carbons (Fsp3) is 0.887. The first-order valence-electron chi connectivity index (χ1n) is 26.4. The summed E-state index contributed by atoms with van der Waals surface area (Å²) in [6, 6.07) is 0. The summed E-state index contributed by atoms with van der Waals surface area (Å²) in [7, 11) is 0. The van der Waals surface area contributed by atoms with Gasteiger partial charge in [-0.3, -0.25) is 9.59 Å². The fourth-order valence-corrected chi connectivity index (χ4v) is 8.12. The Kier molecular flexibility index (Phi) is 41.4. The molecule has 0 aromatic rings. The number of carbonyl (C=O) groups excluding carboxylic acids is 2. The number of esters is 2. The highest BCUT2D eigenvalue weighted by molar-refractivity contribution is 5.70. The molecule has 0 spiro atoms. The van der Waals surface area contributed by atoms with E-state index in [1.54, 1.807) is 0 Å². The number of unbranched alkanes of at least 4 members (excludes halogenated alkanes) is 30. The molecule has 1 fully saturated rings. The van der Waals surface area contributed by atoms with Gasteiger partial charge in [-0.25, -0.2) is 0 Å². The molecule has 0 radical (unpaired) electrons. The molecular weight excluding hydrogens is 797 g/mol. The number of aliphatic hydroxyl groups is 4. The highest BCUT2D eigenvalue weighted by atomic mass is 16.7. The van der Waals surface area contributed by atoms with Crippen molar-refractivity contribution in [1.82, 2.24) is 0 Å². The number of ether oxygens (including phenoxy) is 4. The van der Waals surface area contributed by atoms with Crippen LogP contribution in [0.1, 0.15) is 245 Å². The monoisotopic (exact) mass is 895 g/mol. The molecule has 10 nitrogen and oxygen atoms in total. The van der Waals surface area contributed by atoms with Crippen molar-refractivity contribution < 1.29 is 49.0 Å². The summed E-state index contributed by atoms with van der Waals surface area (Å²) in [4.78, 5) is 25.4. The lowest BCUT2D eigenvalue weighted by Gasteiger charge is -2.39. The normalized spacial score (nSPS) is 19.6. The third-order valence-electron chi connectivity index (χ3n) is 12.3. The minimum Gasteiger partial charge on any atom is -0.462 e. The van der Waals surface area contributed by atoms with Crippen LogP contribution in [0.15, 0.2) is 24.3 Å². The van der Waals surface area contributed by atoms with E-state index < -0.39 is 55.4 Å². The molecule has 0 saturated carbocycles. The first kappa shape index (κ1) is 59.2. The molecule has 1 saturated heterocycles. The lowest BCUT2D eigenvalue weighted by Crippen LogP contribution is -2.59. The lowest BCUT2D eigenvalue weighted by atomic mass is 9.99. The molecule has 10 heteroatoms. The van der Waals surface area contributed by atoms with Crippen LogP contribution in [0.2, 0.25) is 0 Å². The second-order valence-electron chi connectivity index (χ2n) is 18.3. The van der Waals surface area contributed by atoms with Crippen LogP contribution in [0.5, 0.6) is 0 Å². The van der Waals surface area contributed by atoms with Gasteiger partial charge in [-0.05, 0) is 51.4 Å². The van der Waals surface area contributed by atoms with Gasteiger partial charge in [0, 0.05) is 12.8 Å². The third kappa shape index (κ3) is 35.1. The Morgan fingerprint density at radius 3 is 1.33 bits per heavy atom. The maximum absolute atomic E-state index is 12.8. The van der Waals surface area contributed by atoms with Gasteiger partial charge in [-0.15, -0.1) is 0 Å². The van der Waals surface area contributed by atoms with E-state index in [-0.39, 0.29) is 26.1 Å². The predicted octanol–water partition coefficient (Wildman–Crippen LogP) is 12.5. The van der Waals surface area contributed by atoms with Gasteiger partial charge in [0.05, 0.1) is 13.2 Å². The average Bonchev–Trinajstić information content (AvgIpc) is 3.28. The Morgan fingerprint density at radius 2 is 0.873 bits per heavy atom. The van der Waals surface area contributed by atoms with Crippen LogP contribution in [-0.4, -0.2) is 89.0 Å². The molecule has 0 amide bonds. The maximum atomic E-state index is 12.8. The molecule has 1 aliphatic heterocycles. The van der Waals surface area contributed by atoms with E-state index in [1.165, 1.54) is 173 Å². The van der Waals surface area contributed by atoms with Gasteiger partial charge in [0.15, 0.2) is 12.4 Å². The number of rotatable bonds is 45. The molecule has 63 heavy (non-hydrogen) atoms. The summed E-state index contributed by atoms with van der Waals surface area (Å²) in [5.41, 5.74) is 0. The van der Waals surface area contributed by atoms with Crippen LogP contribution in [0.3, 0.4) is 0 Å². The maximum Gasteiger partial charge on any atom is 0.306 e. The molecule has 1 aliphatic rings. The molecule has 1 rings (SSSR count). The summed E-state index contributed by atoms with van der Waals surface area (Å²) >= 11 is 0. The van der Waals surface area contributed by atoms with E-state index in [1.807, 2.05) is 0 Å². The van der Waals surface area contributed by atoms with E-state index >= 15 is 0 Å². The molecule has 370 valence electrons. The van der Waals surface area contributed by atoms with Crippen molar-refractivity contribution in [2.45, 2.75) is 282 Å². The summed E-state index contributed by atoms with van der Waals surface area (Å²) in [5.74, 6) is -0.836. The van der Waals surface area contributed by atoms with Gasteiger partial charge in [0.2, 0.25) is 0 Å². The number of hydrogen-bond donors (Lipinski definition) is 4. The molecule has 0 aromatic heterocycles. The average molecular weight is 895 g/mol. The lowest BCUT2D eigenvalue weighted by molar-refractivity contribution is -0.305. The quantitative estimate of drug-likeness (QED) is 0.0264. The minimum absolute atomic E-state index is 0.224. The van der Waals surface area contributed by atoms with Gasteiger partial charge in [-0.2, -0.15) is 0 Å². The second kappa shape index (κ2) is 44.0. The zero-order valence-corrected chi connectivity index (χ0v) is 40.6. The molecule has 0 bridgehead atoms. The summed E-state index contributed by atoms with van der Waals surface area (Å²) in [5, 5.41) is 40.2. The Balaban J connectivity index is 2.23. The van der Waals surface area contributed by atoms with Crippen molar-refractivity contribution in [3.05, 3.63) is 24.3 Å². The van der Waals surface area contributed by atoms with E-state index in [4.69, 9.17) is 18.9 Å². The minimum atomic E-state index is -1.60. The molecule has 2 unspecified atom stereocenters. The Hall–Kier alpha value is -1.82. The molecule has 4 N–H and O–H groups in total. The largest absolute Gasteiger partial charge is 0.462 e. The van der Waals surface area contributed by atoms with Gasteiger partial charge in [-0.1, -0.05) is 205 Å². The van der Waals surface area contributed by atoms with Crippen molar-refractivity contribution in [2.75, 3.05) is 19.8 Å². The topological polar surface area (TPSA) is 152 Å². The first-order chi connectivity index (χ1) is 30.8. The SMILES string of the molecule is CCCC/C=C/CCCCCCCCCCCC(=O)O[C@@H](COC(=O)CCC/C=C/CCCCCCCCCCCCCCCCCCCC)CO[C@H]1O[C@@H](CO)[C@@H](O)C(O)C1O. The molecule has 1 heterocycles. The van der Waals surface area contributed by atoms with Gasteiger partial charge in [0.1, 0.15) is 31.0 Å². The number of hydrogen-bond acceptors (Lipinski definition) is 10. The van der Waals surface area contributed by atoms with Crippen LogP contribution in [0.25, 0.3) is 0 Å². The number of allylic oxidation sites excluding steroid dienone is 4. The molecule has 0 aliphatic carbocycles. The van der Waals surface area contributed by atoms with Gasteiger partial charge >= 0.3 is 11.9 Å². The molecular formula is C53H98O10. The molecule has 6 atom stereocenters. The Labute approximate surface area is 385 Å². The van der Waals surface area contributed by atoms with Crippen LogP contribution in [0.4, 0.5) is 0 Å². The van der Waals surface area contributed by atoms with Crippen molar-refractivity contribution in [3.8, 4) is 0 Å². The summed E-state index contributed by atoms with van der Waals surface area (Å²) in [6.07, 6.45) is 43.4. The summed E-state index contributed by atoms with van der Waals surface area (Å²) in [6.45, 7) is 3.40.